The van der Waals surface area contributed by atoms with Crippen molar-refractivity contribution in [1.29, 1.82) is 0 Å². The van der Waals surface area contributed by atoms with Crippen LogP contribution in [0.2, 0.25) is 0 Å². The smallest absolute Gasteiger partial charge is 0.335 e. The lowest BCUT2D eigenvalue weighted by atomic mass is 10.0. The second-order valence-electron chi connectivity index (χ2n) is 5.90. The Kier molecular flexibility index (Phi) is 7.09. The van der Waals surface area contributed by atoms with Crippen LogP contribution in [0.4, 0.5) is 0 Å². The number of nitrogens with zero attached hydrogens (tertiary/aromatic N) is 1. The van der Waals surface area contributed by atoms with Gasteiger partial charge in [0.15, 0.2) is 0 Å². The molecule has 2 aromatic rings. The van der Waals surface area contributed by atoms with Gasteiger partial charge in [-0.15, -0.1) is 11.8 Å². The molecule has 0 aliphatic carbocycles. The van der Waals surface area contributed by atoms with Crippen LogP contribution in [0.1, 0.15) is 27.9 Å². The molecule has 0 heterocycles. The Balaban J connectivity index is 1.99. The van der Waals surface area contributed by atoms with Gasteiger partial charge in [0, 0.05) is 24.9 Å². The van der Waals surface area contributed by atoms with Crippen LogP contribution in [-0.2, 0) is 17.8 Å². The lowest BCUT2D eigenvalue weighted by molar-refractivity contribution is -0.130. The van der Waals surface area contributed by atoms with E-state index >= 15 is 0 Å². The molecule has 0 bridgehead atoms. The molecule has 0 unspecified atom stereocenters. The fourth-order valence-corrected chi connectivity index (χ4v) is 3.27. The number of ether oxygens (including phenoxy) is 1. The van der Waals surface area contributed by atoms with Gasteiger partial charge in [0.1, 0.15) is 5.75 Å². The normalized spacial score (nSPS) is 10.4. The van der Waals surface area contributed by atoms with Crippen molar-refractivity contribution < 1.29 is 19.4 Å². The Hall–Kier alpha value is -2.47. The van der Waals surface area contributed by atoms with E-state index in [0.717, 1.165) is 16.2 Å². The van der Waals surface area contributed by atoms with E-state index in [9.17, 15) is 14.7 Å². The number of thioether (sulfide) groups is 1. The van der Waals surface area contributed by atoms with Gasteiger partial charge in [-0.05, 0) is 42.0 Å². The molecular weight excluding hydrogens is 350 g/mol. The zero-order valence-electron chi connectivity index (χ0n) is 15.2. The SMILES string of the molecule is COc1cc(CN(C)C(=O)CCc2ccccc2C(=O)O)ccc1SC. The highest BCUT2D eigenvalue weighted by molar-refractivity contribution is 7.98. The van der Waals surface area contributed by atoms with Crippen LogP contribution in [0.15, 0.2) is 47.4 Å². The summed E-state index contributed by atoms with van der Waals surface area (Å²) >= 11 is 1.61. The molecule has 2 aromatic carbocycles. The monoisotopic (exact) mass is 373 g/mol. The summed E-state index contributed by atoms with van der Waals surface area (Å²) < 4.78 is 5.38. The first kappa shape index (κ1) is 19.8. The first-order valence-corrected chi connectivity index (χ1v) is 9.44. The van der Waals surface area contributed by atoms with Crippen LogP contribution in [0.25, 0.3) is 0 Å². The Morgan fingerprint density at radius 2 is 1.92 bits per heavy atom. The molecule has 0 fully saturated rings. The summed E-state index contributed by atoms with van der Waals surface area (Å²) in [6.45, 7) is 0.477. The molecule has 0 spiro atoms. The third-order valence-electron chi connectivity index (χ3n) is 4.15. The summed E-state index contributed by atoms with van der Waals surface area (Å²) in [4.78, 5) is 26.4. The van der Waals surface area contributed by atoms with Gasteiger partial charge in [0.2, 0.25) is 5.91 Å². The van der Waals surface area contributed by atoms with E-state index in [1.165, 1.54) is 0 Å². The molecule has 1 amide bonds. The van der Waals surface area contributed by atoms with Crippen LogP contribution in [0.5, 0.6) is 5.75 Å². The molecule has 6 heteroatoms. The molecule has 0 aliphatic heterocycles. The fraction of sp³-hybridized carbons (Fsp3) is 0.300. The van der Waals surface area contributed by atoms with E-state index in [4.69, 9.17) is 4.74 Å². The first-order valence-electron chi connectivity index (χ1n) is 8.22. The molecule has 0 aliphatic rings. The predicted octanol–water partition coefficient (Wildman–Crippen LogP) is 3.71. The molecule has 0 atom stereocenters. The van der Waals surface area contributed by atoms with Crippen molar-refractivity contribution in [3.05, 3.63) is 59.2 Å². The molecule has 0 saturated heterocycles. The van der Waals surface area contributed by atoms with Crippen molar-refractivity contribution in [3.8, 4) is 5.75 Å². The number of rotatable bonds is 8. The number of hydrogen-bond acceptors (Lipinski definition) is 4. The lowest BCUT2D eigenvalue weighted by Crippen LogP contribution is -2.26. The van der Waals surface area contributed by atoms with Gasteiger partial charge in [-0.2, -0.15) is 0 Å². The highest BCUT2D eigenvalue weighted by Crippen LogP contribution is 2.28. The minimum absolute atomic E-state index is 0.0295. The Morgan fingerprint density at radius 3 is 2.58 bits per heavy atom. The number of carboxylic acid groups (broad SMARTS) is 1. The number of hydrogen-bond donors (Lipinski definition) is 1. The minimum Gasteiger partial charge on any atom is -0.496 e. The van der Waals surface area contributed by atoms with Gasteiger partial charge in [-0.3, -0.25) is 4.79 Å². The van der Waals surface area contributed by atoms with Gasteiger partial charge in [0.25, 0.3) is 0 Å². The zero-order valence-corrected chi connectivity index (χ0v) is 16.0. The van der Waals surface area contributed by atoms with Gasteiger partial charge in [-0.25, -0.2) is 4.79 Å². The van der Waals surface area contributed by atoms with Gasteiger partial charge < -0.3 is 14.7 Å². The summed E-state index contributed by atoms with van der Waals surface area (Å²) in [5.41, 5.74) is 1.91. The maximum atomic E-state index is 12.4. The van der Waals surface area contributed by atoms with Crippen molar-refractivity contribution in [2.75, 3.05) is 20.4 Å². The molecule has 5 nitrogen and oxygen atoms in total. The summed E-state index contributed by atoms with van der Waals surface area (Å²) in [7, 11) is 3.38. The summed E-state index contributed by atoms with van der Waals surface area (Å²) in [6.07, 6.45) is 2.66. The number of aryl methyl sites for hydroxylation is 1. The third kappa shape index (κ3) is 5.02. The van der Waals surface area contributed by atoms with E-state index in [2.05, 4.69) is 0 Å². The second kappa shape index (κ2) is 9.29. The van der Waals surface area contributed by atoms with Gasteiger partial charge in [-0.1, -0.05) is 24.3 Å². The van der Waals surface area contributed by atoms with Gasteiger partial charge >= 0.3 is 5.97 Å². The molecule has 138 valence electrons. The maximum absolute atomic E-state index is 12.4. The van der Waals surface area contributed by atoms with Crippen molar-refractivity contribution in [1.82, 2.24) is 4.90 Å². The summed E-state index contributed by atoms with van der Waals surface area (Å²) in [5.74, 6) is -0.202. The van der Waals surface area contributed by atoms with Crippen LogP contribution in [0.3, 0.4) is 0 Å². The van der Waals surface area contributed by atoms with Crippen molar-refractivity contribution in [2.45, 2.75) is 24.3 Å². The molecule has 0 radical (unpaired) electrons. The molecule has 2 rings (SSSR count). The van der Waals surface area contributed by atoms with Crippen molar-refractivity contribution in [2.24, 2.45) is 0 Å². The topological polar surface area (TPSA) is 66.8 Å². The van der Waals surface area contributed by atoms with E-state index in [1.54, 1.807) is 55.1 Å². The van der Waals surface area contributed by atoms with Crippen LogP contribution < -0.4 is 4.74 Å². The van der Waals surface area contributed by atoms with Crippen LogP contribution >= 0.6 is 11.8 Å². The number of aromatic carboxylic acids is 1. The van der Waals surface area contributed by atoms with E-state index in [-0.39, 0.29) is 17.9 Å². The quantitative estimate of drug-likeness (QED) is 0.715. The average molecular weight is 373 g/mol. The third-order valence-corrected chi connectivity index (χ3v) is 4.93. The average Bonchev–Trinajstić information content (AvgIpc) is 2.65. The van der Waals surface area contributed by atoms with Crippen LogP contribution in [-0.4, -0.2) is 42.3 Å². The number of benzene rings is 2. The molecule has 0 saturated carbocycles. The summed E-state index contributed by atoms with van der Waals surface area (Å²) in [5, 5.41) is 9.22. The predicted molar refractivity (Wildman–Crippen MR) is 103 cm³/mol. The van der Waals surface area contributed by atoms with Gasteiger partial charge in [0.05, 0.1) is 12.7 Å². The van der Waals surface area contributed by atoms with E-state index < -0.39 is 5.97 Å². The number of methoxy groups -OCH3 is 1. The number of carbonyl (C=O) groups excluding carboxylic acids is 1. The summed E-state index contributed by atoms with van der Waals surface area (Å²) in [6, 6.07) is 12.7. The fourth-order valence-electron chi connectivity index (χ4n) is 2.72. The lowest BCUT2D eigenvalue weighted by Gasteiger charge is -2.18. The van der Waals surface area contributed by atoms with E-state index in [1.807, 2.05) is 24.5 Å². The Bertz CT molecular complexity index is 791. The minimum atomic E-state index is -0.970. The molecular formula is C20H23NO4S. The van der Waals surface area contributed by atoms with Crippen LogP contribution in [0, 0.1) is 0 Å². The Labute approximate surface area is 158 Å². The second-order valence-corrected chi connectivity index (χ2v) is 6.75. The maximum Gasteiger partial charge on any atom is 0.335 e. The number of amides is 1. The van der Waals surface area contributed by atoms with Crippen molar-refractivity contribution in [3.63, 3.8) is 0 Å². The molecule has 26 heavy (non-hydrogen) atoms. The molecule has 0 aromatic heterocycles. The zero-order chi connectivity index (χ0) is 19.1. The first-order chi connectivity index (χ1) is 12.5. The van der Waals surface area contributed by atoms with E-state index in [0.29, 0.717) is 18.5 Å². The number of carboxylic acids is 1. The Morgan fingerprint density at radius 1 is 1.19 bits per heavy atom. The largest absolute Gasteiger partial charge is 0.496 e. The molecule has 1 N–H and O–H groups in total. The standard InChI is InChI=1S/C20H23NO4S/c1-21(13-14-8-10-18(26-3)17(12-14)25-2)19(22)11-9-15-6-4-5-7-16(15)20(23)24/h4-8,10,12H,9,11,13H2,1-3H3,(H,23,24). The highest BCUT2D eigenvalue weighted by Gasteiger charge is 2.14. The van der Waals surface area contributed by atoms with Crippen molar-refractivity contribution >= 4 is 23.6 Å². The highest BCUT2D eigenvalue weighted by atomic mass is 32.2. The number of carbonyl (C=O) groups is 2.